The van der Waals surface area contributed by atoms with Gasteiger partial charge in [0.1, 0.15) is 5.60 Å². The Labute approximate surface area is 222 Å². The zero-order valence-corrected chi connectivity index (χ0v) is 22.5. The van der Waals surface area contributed by atoms with E-state index in [1.807, 2.05) is 58.9 Å². The van der Waals surface area contributed by atoms with Crippen LogP contribution in [0.25, 0.3) is 22.7 Å². The Morgan fingerprint density at radius 1 is 1.18 bits per heavy atom. The van der Waals surface area contributed by atoms with Crippen molar-refractivity contribution in [2.75, 3.05) is 13.1 Å². The number of hydrogen-bond donors (Lipinski definition) is 2. The molecular formula is C28H35N5O5. The summed E-state index contributed by atoms with van der Waals surface area (Å²) in [6.45, 7) is 10.3. The summed E-state index contributed by atoms with van der Waals surface area (Å²) < 4.78 is 11.2. The molecule has 10 heteroatoms. The average Bonchev–Trinajstić information content (AvgIpc) is 3.66. The van der Waals surface area contributed by atoms with Crippen LogP contribution in [0, 0.1) is 5.92 Å². The molecular weight excluding hydrogens is 486 g/mol. The molecule has 38 heavy (non-hydrogen) atoms. The highest BCUT2D eigenvalue weighted by atomic mass is 16.6. The predicted molar refractivity (Wildman–Crippen MR) is 141 cm³/mol. The normalized spacial score (nSPS) is 15.6. The highest BCUT2D eigenvalue weighted by Crippen LogP contribution is 2.27. The molecule has 0 bridgehead atoms. The first-order valence-electron chi connectivity index (χ1n) is 13.0. The Morgan fingerprint density at radius 2 is 1.92 bits per heavy atom. The van der Waals surface area contributed by atoms with Crippen molar-refractivity contribution < 1.29 is 23.5 Å². The summed E-state index contributed by atoms with van der Waals surface area (Å²) in [6.07, 6.45) is 3.66. The van der Waals surface area contributed by atoms with E-state index >= 15 is 0 Å². The monoisotopic (exact) mass is 521 g/mol. The molecule has 0 spiro atoms. The zero-order valence-electron chi connectivity index (χ0n) is 22.5. The number of benzene rings is 1. The van der Waals surface area contributed by atoms with Crippen LogP contribution in [-0.4, -0.2) is 62.6 Å². The Kier molecular flexibility index (Phi) is 7.99. The summed E-state index contributed by atoms with van der Waals surface area (Å²) in [5, 5.41) is 10.1. The second-order valence-electron chi connectivity index (χ2n) is 10.5. The number of hydrogen-bond acceptors (Lipinski definition) is 7. The molecule has 3 heterocycles. The fraction of sp³-hybridized carbons (Fsp3) is 0.464. The standard InChI is InChI=1S/C28H35N5O5/c1-6-20(7-2)30-24(34)23-15-29-25(37-23)18-10-8-9-17(13-18)21-14-22(32-31-21)26(35)33-12-11-19(16-33)27(36)38-28(3,4)5/h8-10,13-15,19-20H,6-7,11-12,16H2,1-5H3,(H,30,34)(H,31,32). The Hall–Kier alpha value is -3.95. The molecule has 4 rings (SSSR count). The van der Waals surface area contributed by atoms with Gasteiger partial charge in [0, 0.05) is 30.3 Å². The van der Waals surface area contributed by atoms with Gasteiger partial charge in [0.15, 0.2) is 5.69 Å². The summed E-state index contributed by atoms with van der Waals surface area (Å²) in [6, 6.07) is 9.18. The number of aromatic nitrogens is 3. The van der Waals surface area contributed by atoms with Crippen LogP contribution in [0.15, 0.2) is 40.9 Å². The Morgan fingerprint density at radius 3 is 2.63 bits per heavy atom. The molecule has 1 unspecified atom stereocenters. The summed E-state index contributed by atoms with van der Waals surface area (Å²) in [5.41, 5.74) is 1.82. The number of nitrogens with zero attached hydrogens (tertiary/aromatic N) is 3. The maximum Gasteiger partial charge on any atom is 0.311 e. The van der Waals surface area contributed by atoms with Crippen LogP contribution in [-0.2, 0) is 9.53 Å². The molecule has 0 radical (unpaired) electrons. The topological polar surface area (TPSA) is 130 Å². The highest BCUT2D eigenvalue weighted by molar-refractivity contribution is 5.94. The van der Waals surface area contributed by atoms with E-state index in [0.29, 0.717) is 36.7 Å². The number of carbonyl (C=O) groups is 3. The largest absolute Gasteiger partial charge is 0.460 e. The molecule has 2 amide bonds. The van der Waals surface area contributed by atoms with Gasteiger partial charge in [-0.2, -0.15) is 5.10 Å². The van der Waals surface area contributed by atoms with E-state index in [-0.39, 0.29) is 41.2 Å². The molecule has 0 saturated carbocycles. The number of carbonyl (C=O) groups excluding carboxylic acids is 3. The number of oxazole rings is 1. The number of nitrogens with one attached hydrogen (secondary N) is 2. The van der Waals surface area contributed by atoms with Gasteiger partial charge in [-0.3, -0.25) is 19.5 Å². The van der Waals surface area contributed by atoms with Crippen molar-refractivity contribution in [3.05, 3.63) is 48.0 Å². The number of rotatable bonds is 8. The molecule has 1 aromatic carbocycles. The lowest BCUT2D eigenvalue weighted by Crippen LogP contribution is -2.33. The van der Waals surface area contributed by atoms with Crippen LogP contribution >= 0.6 is 0 Å². The molecule has 10 nitrogen and oxygen atoms in total. The minimum atomic E-state index is -0.563. The first-order chi connectivity index (χ1) is 18.1. The molecule has 1 aliphatic rings. The molecule has 3 aromatic rings. The second-order valence-corrected chi connectivity index (χ2v) is 10.5. The Balaban J connectivity index is 1.43. The van der Waals surface area contributed by atoms with E-state index < -0.39 is 5.60 Å². The maximum absolute atomic E-state index is 13.0. The molecule has 0 aliphatic carbocycles. The third kappa shape index (κ3) is 6.30. The van der Waals surface area contributed by atoms with E-state index in [0.717, 1.165) is 18.4 Å². The van der Waals surface area contributed by atoms with Crippen LogP contribution in [0.1, 0.15) is 74.9 Å². The van der Waals surface area contributed by atoms with Crippen molar-refractivity contribution in [3.8, 4) is 22.7 Å². The van der Waals surface area contributed by atoms with Gasteiger partial charge in [-0.1, -0.05) is 26.0 Å². The molecule has 1 atom stereocenters. The fourth-order valence-electron chi connectivity index (χ4n) is 4.35. The van der Waals surface area contributed by atoms with E-state index in [9.17, 15) is 14.4 Å². The van der Waals surface area contributed by atoms with Gasteiger partial charge >= 0.3 is 5.97 Å². The van der Waals surface area contributed by atoms with Gasteiger partial charge < -0.3 is 19.4 Å². The lowest BCUT2D eigenvalue weighted by molar-refractivity contribution is -0.159. The van der Waals surface area contributed by atoms with Gasteiger partial charge in [-0.25, -0.2) is 4.98 Å². The van der Waals surface area contributed by atoms with Gasteiger partial charge in [0.05, 0.1) is 17.8 Å². The Bertz CT molecular complexity index is 1300. The van der Waals surface area contributed by atoms with Crippen molar-refractivity contribution in [1.29, 1.82) is 0 Å². The molecule has 1 saturated heterocycles. The van der Waals surface area contributed by atoms with Crippen molar-refractivity contribution in [3.63, 3.8) is 0 Å². The number of likely N-dealkylation sites (tertiary alicyclic amines) is 1. The number of amides is 2. The summed E-state index contributed by atoms with van der Waals surface area (Å²) in [4.78, 5) is 43.8. The van der Waals surface area contributed by atoms with Crippen LogP contribution in [0.5, 0.6) is 0 Å². The predicted octanol–water partition coefficient (Wildman–Crippen LogP) is 4.45. The quantitative estimate of drug-likeness (QED) is 0.419. The van der Waals surface area contributed by atoms with Crippen molar-refractivity contribution in [2.45, 2.75) is 65.5 Å². The van der Waals surface area contributed by atoms with E-state index in [4.69, 9.17) is 9.15 Å². The molecule has 2 N–H and O–H groups in total. The van der Waals surface area contributed by atoms with Gasteiger partial charge in [0.2, 0.25) is 11.7 Å². The minimum Gasteiger partial charge on any atom is -0.460 e. The van der Waals surface area contributed by atoms with Crippen LogP contribution in [0.4, 0.5) is 0 Å². The second kappa shape index (κ2) is 11.2. The molecule has 1 fully saturated rings. The SMILES string of the molecule is CCC(CC)NC(=O)c1cnc(-c2cccc(-c3cc(C(=O)N4CCC(C(=O)OC(C)(C)C)C4)n[nH]3)c2)o1. The average molecular weight is 522 g/mol. The third-order valence-electron chi connectivity index (χ3n) is 6.48. The fourth-order valence-corrected chi connectivity index (χ4v) is 4.35. The van der Waals surface area contributed by atoms with Crippen LogP contribution in [0.3, 0.4) is 0 Å². The van der Waals surface area contributed by atoms with E-state index in [1.54, 1.807) is 11.0 Å². The van der Waals surface area contributed by atoms with Crippen LogP contribution < -0.4 is 5.32 Å². The first kappa shape index (κ1) is 27.1. The highest BCUT2D eigenvalue weighted by Gasteiger charge is 2.35. The van der Waals surface area contributed by atoms with Crippen LogP contribution in [0.2, 0.25) is 0 Å². The van der Waals surface area contributed by atoms with Crippen molar-refractivity contribution in [2.24, 2.45) is 5.92 Å². The number of ether oxygens (including phenoxy) is 1. The van der Waals surface area contributed by atoms with Gasteiger partial charge in [0.25, 0.3) is 11.8 Å². The maximum atomic E-state index is 13.0. The lowest BCUT2D eigenvalue weighted by atomic mass is 10.1. The van der Waals surface area contributed by atoms with Crippen molar-refractivity contribution >= 4 is 17.8 Å². The number of esters is 1. The minimum absolute atomic E-state index is 0.0837. The van der Waals surface area contributed by atoms with E-state index in [2.05, 4.69) is 20.5 Å². The molecule has 1 aliphatic heterocycles. The summed E-state index contributed by atoms with van der Waals surface area (Å²) in [7, 11) is 0. The number of aromatic amines is 1. The summed E-state index contributed by atoms with van der Waals surface area (Å²) in [5.74, 6) is -0.674. The van der Waals surface area contributed by atoms with E-state index in [1.165, 1.54) is 6.20 Å². The third-order valence-corrected chi connectivity index (χ3v) is 6.48. The summed E-state index contributed by atoms with van der Waals surface area (Å²) >= 11 is 0. The smallest absolute Gasteiger partial charge is 0.311 e. The van der Waals surface area contributed by atoms with Gasteiger partial charge in [-0.05, 0) is 58.2 Å². The molecule has 202 valence electrons. The van der Waals surface area contributed by atoms with Gasteiger partial charge in [-0.15, -0.1) is 0 Å². The zero-order chi connectivity index (χ0) is 27.4. The van der Waals surface area contributed by atoms with Crippen molar-refractivity contribution in [1.82, 2.24) is 25.4 Å². The molecule has 2 aromatic heterocycles. The number of H-pyrrole nitrogens is 1. The first-order valence-corrected chi connectivity index (χ1v) is 13.0. The lowest BCUT2D eigenvalue weighted by Gasteiger charge is -2.22.